The quantitative estimate of drug-likeness (QED) is 0.286. The first-order valence-electron chi connectivity index (χ1n) is 11.4. The molecule has 1 aliphatic heterocycles. The SMILES string of the molecule is Cc1ccccc1CSc1nc2c(c(=O)[nH]1)C(c1ccc(Cl)cc1Cl)C1=C(CC(C)(C)CC1=O)N2. The van der Waals surface area contributed by atoms with Gasteiger partial charge in [-0.15, -0.1) is 0 Å². The van der Waals surface area contributed by atoms with Crippen LogP contribution in [0.3, 0.4) is 0 Å². The number of halogens is 2. The molecule has 5 rings (SSSR count). The lowest BCUT2D eigenvalue weighted by molar-refractivity contribution is -0.118. The van der Waals surface area contributed by atoms with Crippen LogP contribution in [0.15, 0.2) is 63.7 Å². The zero-order valence-corrected chi connectivity index (χ0v) is 22.0. The van der Waals surface area contributed by atoms with Crippen LogP contribution in [0.4, 0.5) is 5.82 Å². The molecule has 3 aromatic rings. The van der Waals surface area contributed by atoms with Gasteiger partial charge < -0.3 is 10.3 Å². The first-order chi connectivity index (χ1) is 16.6. The predicted octanol–water partition coefficient (Wildman–Crippen LogP) is 6.88. The molecule has 0 saturated carbocycles. The van der Waals surface area contributed by atoms with Crippen molar-refractivity contribution < 1.29 is 4.79 Å². The Labute approximate surface area is 218 Å². The Balaban J connectivity index is 1.61. The molecule has 0 saturated heterocycles. The van der Waals surface area contributed by atoms with E-state index in [9.17, 15) is 9.59 Å². The average molecular weight is 526 g/mol. The summed E-state index contributed by atoms with van der Waals surface area (Å²) in [6.07, 6.45) is 1.08. The van der Waals surface area contributed by atoms with Crippen molar-refractivity contribution in [3.05, 3.63) is 96.4 Å². The highest BCUT2D eigenvalue weighted by Crippen LogP contribution is 2.49. The van der Waals surface area contributed by atoms with Crippen LogP contribution in [0.5, 0.6) is 0 Å². The second-order valence-corrected chi connectivity index (χ2v) is 11.7. The van der Waals surface area contributed by atoms with Gasteiger partial charge in [0, 0.05) is 39.4 Å². The second kappa shape index (κ2) is 9.16. The Morgan fingerprint density at radius 3 is 2.63 bits per heavy atom. The maximum absolute atomic E-state index is 13.5. The summed E-state index contributed by atoms with van der Waals surface area (Å²) in [6.45, 7) is 6.21. The molecule has 2 aliphatic rings. The molecule has 2 aromatic carbocycles. The van der Waals surface area contributed by atoms with E-state index >= 15 is 0 Å². The summed E-state index contributed by atoms with van der Waals surface area (Å²) in [6, 6.07) is 13.3. The summed E-state index contributed by atoms with van der Waals surface area (Å²) in [5.74, 6) is 0.561. The molecule has 1 atom stereocenters. The Kier molecular flexibility index (Phi) is 6.32. The number of hydrogen-bond acceptors (Lipinski definition) is 5. The number of hydrogen-bond donors (Lipinski definition) is 2. The molecule has 1 aliphatic carbocycles. The highest BCUT2D eigenvalue weighted by molar-refractivity contribution is 7.98. The Morgan fingerprint density at radius 2 is 1.89 bits per heavy atom. The number of allylic oxidation sites excluding steroid dienone is 2. The fraction of sp³-hybridized carbons (Fsp3) is 0.296. The van der Waals surface area contributed by atoms with Crippen molar-refractivity contribution >= 4 is 46.6 Å². The maximum atomic E-state index is 13.5. The minimum absolute atomic E-state index is 0.0165. The summed E-state index contributed by atoms with van der Waals surface area (Å²) >= 11 is 14.2. The lowest BCUT2D eigenvalue weighted by atomic mass is 9.69. The Morgan fingerprint density at radius 1 is 1.11 bits per heavy atom. The van der Waals surface area contributed by atoms with Gasteiger partial charge >= 0.3 is 0 Å². The van der Waals surface area contributed by atoms with Gasteiger partial charge in [0.25, 0.3) is 5.56 Å². The van der Waals surface area contributed by atoms with Crippen molar-refractivity contribution in [1.82, 2.24) is 9.97 Å². The third-order valence-electron chi connectivity index (χ3n) is 6.60. The van der Waals surface area contributed by atoms with Gasteiger partial charge in [-0.25, -0.2) is 4.98 Å². The van der Waals surface area contributed by atoms with E-state index in [0.29, 0.717) is 56.3 Å². The summed E-state index contributed by atoms with van der Waals surface area (Å²) in [4.78, 5) is 34.6. The van der Waals surface area contributed by atoms with Crippen LogP contribution in [-0.4, -0.2) is 15.8 Å². The minimum atomic E-state index is -0.610. The van der Waals surface area contributed by atoms with Crippen molar-refractivity contribution in [2.75, 3.05) is 5.32 Å². The molecule has 2 heterocycles. The molecular formula is C27H25Cl2N3O2S. The number of ketones is 1. The van der Waals surface area contributed by atoms with E-state index in [4.69, 9.17) is 28.2 Å². The van der Waals surface area contributed by atoms with Crippen LogP contribution < -0.4 is 10.9 Å². The molecule has 0 bridgehead atoms. The van der Waals surface area contributed by atoms with Crippen molar-refractivity contribution in [3.63, 3.8) is 0 Å². The first kappa shape index (κ1) is 24.2. The van der Waals surface area contributed by atoms with E-state index in [-0.39, 0.29) is 16.8 Å². The first-order valence-corrected chi connectivity index (χ1v) is 13.2. The van der Waals surface area contributed by atoms with Crippen LogP contribution >= 0.6 is 35.0 Å². The van der Waals surface area contributed by atoms with Crippen LogP contribution in [0.1, 0.15) is 54.9 Å². The van der Waals surface area contributed by atoms with Crippen molar-refractivity contribution in [3.8, 4) is 0 Å². The molecule has 180 valence electrons. The van der Waals surface area contributed by atoms with Gasteiger partial charge in [-0.2, -0.15) is 0 Å². The number of Topliss-reactive ketones (excluding diaryl/α,β-unsaturated/α-hetero) is 1. The van der Waals surface area contributed by atoms with Crippen molar-refractivity contribution in [2.45, 2.75) is 50.4 Å². The molecule has 0 spiro atoms. The Hall–Kier alpha value is -2.54. The third-order valence-corrected chi connectivity index (χ3v) is 8.08. The van der Waals surface area contributed by atoms with Gasteiger partial charge in [-0.3, -0.25) is 9.59 Å². The minimum Gasteiger partial charge on any atom is -0.343 e. The summed E-state index contributed by atoms with van der Waals surface area (Å²) in [5, 5.41) is 4.78. The van der Waals surface area contributed by atoms with Crippen molar-refractivity contribution in [1.29, 1.82) is 0 Å². The zero-order chi connectivity index (χ0) is 24.9. The number of fused-ring (bicyclic) bond motifs is 1. The molecule has 8 heteroatoms. The maximum Gasteiger partial charge on any atom is 0.257 e. The van der Waals surface area contributed by atoms with E-state index in [0.717, 1.165) is 5.70 Å². The molecular weight excluding hydrogens is 501 g/mol. The van der Waals surface area contributed by atoms with E-state index in [1.165, 1.54) is 22.9 Å². The summed E-state index contributed by atoms with van der Waals surface area (Å²) < 4.78 is 0. The monoisotopic (exact) mass is 525 g/mol. The van der Waals surface area contributed by atoms with Gasteiger partial charge in [-0.1, -0.05) is 79.1 Å². The van der Waals surface area contributed by atoms with Crippen LogP contribution in [0, 0.1) is 12.3 Å². The van der Waals surface area contributed by atoms with Crippen LogP contribution in [-0.2, 0) is 10.5 Å². The number of nitrogens with one attached hydrogen (secondary N) is 2. The van der Waals surface area contributed by atoms with Crippen LogP contribution in [0.25, 0.3) is 0 Å². The van der Waals surface area contributed by atoms with Gasteiger partial charge in [0.15, 0.2) is 10.9 Å². The molecule has 2 N–H and O–H groups in total. The summed E-state index contributed by atoms with van der Waals surface area (Å²) in [7, 11) is 0. The number of nitrogens with zero attached hydrogens (tertiary/aromatic N) is 1. The predicted molar refractivity (Wildman–Crippen MR) is 143 cm³/mol. The highest BCUT2D eigenvalue weighted by Gasteiger charge is 2.43. The number of benzene rings is 2. The molecule has 1 aromatic heterocycles. The number of aromatic nitrogens is 2. The number of thioether (sulfide) groups is 1. The van der Waals surface area contributed by atoms with E-state index in [1.807, 2.05) is 12.1 Å². The number of aryl methyl sites for hydroxylation is 1. The van der Waals surface area contributed by atoms with Gasteiger partial charge in [-0.05, 0) is 47.6 Å². The van der Waals surface area contributed by atoms with E-state index in [2.05, 4.69) is 43.2 Å². The number of aromatic amines is 1. The van der Waals surface area contributed by atoms with Gasteiger partial charge in [0.05, 0.1) is 5.56 Å². The topological polar surface area (TPSA) is 74.8 Å². The van der Waals surface area contributed by atoms with Gasteiger partial charge in [0.1, 0.15) is 5.82 Å². The lowest BCUT2D eigenvalue weighted by Crippen LogP contribution is -2.37. The fourth-order valence-corrected chi connectivity index (χ4v) is 6.38. The number of anilines is 1. The molecule has 5 nitrogen and oxygen atoms in total. The molecule has 0 amide bonds. The van der Waals surface area contributed by atoms with Crippen molar-refractivity contribution in [2.24, 2.45) is 5.41 Å². The summed E-state index contributed by atoms with van der Waals surface area (Å²) in [5.41, 5.74) is 4.37. The molecule has 1 unspecified atom stereocenters. The number of carbonyl (C=O) groups excluding carboxylic acids is 1. The molecule has 35 heavy (non-hydrogen) atoms. The average Bonchev–Trinajstić information content (AvgIpc) is 2.76. The van der Waals surface area contributed by atoms with E-state index < -0.39 is 5.92 Å². The molecule has 0 radical (unpaired) electrons. The van der Waals surface area contributed by atoms with E-state index in [1.54, 1.807) is 18.2 Å². The largest absolute Gasteiger partial charge is 0.343 e. The molecule has 0 fully saturated rings. The number of H-pyrrole nitrogens is 1. The zero-order valence-electron chi connectivity index (χ0n) is 19.7. The fourth-order valence-electron chi connectivity index (χ4n) is 4.93. The smallest absolute Gasteiger partial charge is 0.257 e. The number of rotatable bonds is 4. The second-order valence-electron chi connectivity index (χ2n) is 9.91. The third kappa shape index (κ3) is 4.67. The number of carbonyl (C=O) groups is 1. The lowest BCUT2D eigenvalue weighted by Gasteiger charge is -2.38. The normalized spacial score (nSPS) is 18.7. The Bertz CT molecular complexity index is 1440. The standard InChI is InChI=1S/C27H25Cl2N3O2S/c1-14-6-4-5-7-15(14)13-35-26-31-24-23(25(34)32-26)21(17-9-8-16(28)10-18(17)29)22-19(30-24)11-27(2,3)12-20(22)33/h4-10,21H,11-13H2,1-3H3,(H2,30,31,32,34). The van der Waals surface area contributed by atoms with Crippen LogP contribution in [0.2, 0.25) is 10.0 Å². The highest BCUT2D eigenvalue weighted by atomic mass is 35.5. The van der Waals surface area contributed by atoms with Gasteiger partial charge in [0.2, 0.25) is 0 Å².